The number of carbonyl (C=O) groups excluding carboxylic acids is 1. The molecule has 1 saturated heterocycles. The Morgan fingerprint density at radius 1 is 1.35 bits per heavy atom. The number of hydrogen-bond donors (Lipinski definition) is 1. The van der Waals surface area contributed by atoms with Gasteiger partial charge in [0.1, 0.15) is 5.60 Å². The first kappa shape index (κ1) is 12.7. The molecule has 0 aromatic rings. The van der Waals surface area contributed by atoms with E-state index in [1.54, 1.807) is 0 Å². The minimum Gasteiger partial charge on any atom is -0.444 e. The summed E-state index contributed by atoms with van der Waals surface area (Å²) in [6.45, 7) is 11.8. The van der Waals surface area contributed by atoms with Gasteiger partial charge < -0.3 is 15.0 Å². The van der Waals surface area contributed by atoms with Gasteiger partial charge in [-0.1, -0.05) is 6.92 Å². The van der Waals surface area contributed by atoms with Crippen LogP contribution in [0.1, 0.15) is 27.7 Å². The lowest BCUT2D eigenvalue weighted by Crippen LogP contribution is -2.37. The van der Waals surface area contributed by atoms with Crippen LogP contribution in [0.2, 0.25) is 0 Å². The van der Waals surface area contributed by atoms with Gasteiger partial charge in [0, 0.05) is 13.1 Å². The minimum absolute atomic E-state index is 0.146. The first-order valence-corrected chi connectivity index (χ1v) is 6.61. The number of piperidine rings is 1. The van der Waals surface area contributed by atoms with E-state index < -0.39 is 0 Å². The van der Waals surface area contributed by atoms with Crippen LogP contribution in [0.15, 0.2) is 0 Å². The van der Waals surface area contributed by atoms with Crippen molar-refractivity contribution < 1.29 is 9.53 Å². The fraction of sp³-hybridized carbons (Fsp3) is 0.923. The second kappa shape index (κ2) is 4.48. The molecule has 0 spiro atoms. The molecule has 4 heteroatoms. The maximum absolute atomic E-state index is 11.8. The van der Waals surface area contributed by atoms with Crippen LogP contribution in [0.4, 0.5) is 4.79 Å². The Balaban J connectivity index is 1.74. The molecule has 0 radical (unpaired) electrons. The van der Waals surface area contributed by atoms with E-state index in [-0.39, 0.29) is 11.7 Å². The van der Waals surface area contributed by atoms with Crippen molar-refractivity contribution in [1.29, 1.82) is 0 Å². The highest BCUT2D eigenvalue weighted by molar-refractivity contribution is 5.69. The molecule has 3 atom stereocenters. The number of nitrogens with zero attached hydrogens (tertiary/aromatic N) is 1. The van der Waals surface area contributed by atoms with Gasteiger partial charge in [0.15, 0.2) is 0 Å². The topological polar surface area (TPSA) is 41.6 Å². The lowest BCUT2D eigenvalue weighted by Gasteiger charge is -2.25. The predicted molar refractivity (Wildman–Crippen MR) is 66.8 cm³/mol. The quantitative estimate of drug-likeness (QED) is 0.816. The van der Waals surface area contributed by atoms with E-state index >= 15 is 0 Å². The van der Waals surface area contributed by atoms with Crippen LogP contribution in [0.3, 0.4) is 0 Å². The molecule has 4 nitrogen and oxygen atoms in total. The van der Waals surface area contributed by atoms with Crippen LogP contribution in [-0.2, 0) is 4.74 Å². The maximum atomic E-state index is 11.8. The van der Waals surface area contributed by atoms with Crippen molar-refractivity contribution in [2.75, 3.05) is 26.2 Å². The molecule has 1 amide bonds. The number of amides is 1. The smallest absolute Gasteiger partial charge is 0.410 e. The zero-order chi connectivity index (χ0) is 12.6. The van der Waals surface area contributed by atoms with E-state index in [4.69, 9.17) is 4.74 Å². The summed E-state index contributed by atoms with van der Waals surface area (Å²) in [5.74, 6) is 2.21. The highest BCUT2D eigenvalue weighted by Crippen LogP contribution is 2.51. The van der Waals surface area contributed by atoms with E-state index in [0.717, 1.165) is 32.1 Å². The molecule has 1 aliphatic carbocycles. The molecule has 2 rings (SSSR count). The van der Waals surface area contributed by atoms with E-state index in [2.05, 4.69) is 12.2 Å². The Bertz CT molecular complexity index is 286. The van der Waals surface area contributed by atoms with Crippen molar-refractivity contribution in [2.45, 2.75) is 33.3 Å². The molecule has 0 bridgehead atoms. The average Bonchev–Trinajstić information content (AvgIpc) is 2.67. The molecule has 2 fully saturated rings. The standard InChI is InChI=1S/C13H24N2O2/c1-5-14-6-9-10-7-15(8-11(9)10)12(16)17-13(2,3)4/h9-11,14H,5-8H2,1-4H3/t9?,10-,11+. The largest absolute Gasteiger partial charge is 0.444 e. The summed E-state index contributed by atoms with van der Waals surface area (Å²) < 4.78 is 5.38. The van der Waals surface area contributed by atoms with Crippen LogP contribution >= 0.6 is 0 Å². The van der Waals surface area contributed by atoms with Crippen molar-refractivity contribution in [3.63, 3.8) is 0 Å². The summed E-state index contributed by atoms with van der Waals surface area (Å²) in [5, 5.41) is 3.39. The number of hydrogen-bond acceptors (Lipinski definition) is 3. The number of ether oxygens (including phenoxy) is 1. The molecule has 0 aromatic heterocycles. The second-order valence-electron chi connectivity index (χ2n) is 6.18. The van der Waals surface area contributed by atoms with Gasteiger partial charge in [-0.2, -0.15) is 0 Å². The third-order valence-corrected chi connectivity index (χ3v) is 3.65. The van der Waals surface area contributed by atoms with Gasteiger partial charge in [-0.15, -0.1) is 0 Å². The van der Waals surface area contributed by atoms with Crippen molar-refractivity contribution >= 4 is 6.09 Å². The molecular weight excluding hydrogens is 216 g/mol. The Morgan fingerprint density at radius 2 is 1.94 bits per heavy atom. The van der Waals surface area contributed by atoms with Gasteiger partial charge in [0.2, 0.25) is 0 Å². The lowest BCUT2D eigenvalue weighted by atomic mass is 10.2. The van der Waals surface area contributed by atoms with Crippen LogP contribution in [0.5, 0.6) is 0 Å². The molecule has 17 heavy (non-hydrogen) atoms. The average molecular weight is 240 g/mol. The van der Waals surface area contributed by atoms with Gasteiger partial charge in [-0.25, -0.2) is 4.79 Å². The molecular formula is C13H24N2O2. The van der Waals surface area contributed by atoms with Gasteiger partial charge in [0.05, 0.1) is 0 Å². The molecule has 2 aliphatic rings. The van der Waals surface area contributed by atoms with Crippen molar-refractivity contribution in [3.8, 4) is 0 Å². The van der Waals surface area contributed by atoms with E-state index in [1.165, 1.54) is 0 Å². The van der Waals surface area contributed by atoms with E-state index in [9.17, 15) is 4.79 Å². The van der Waals surface area contributed by atoms with Crippen molar-refractivity contribution in [3.05, 3.63) is 0 Å². The molecule has 98 valence electrons. The molecule has 1 heterocycles. The third kappa shape index (κ3) is 2.92. The Hall–Kier alpha value is -0.770. The Labute approximate surface area is 104 Å². The number of likely N-dealkylation sites (tertiary alicyclic amines) is 1. The number of carbonyl (C=O) groups is 1. The SMILES string of the molecule is CCNCC1[C@H]2CN(C(=O)OC(C)(C)C)C[C@@H]12. The molecule has 1 unspecified atom stereocenters. The summed E-state index contributed by atoms with van der Waals surface area (Å²) in [6, 6.07) is 0. The maximum Gasteiger partial charge on any atom is 0.410 e. The van der Waals surface area contributed by atoms with Gasteiger partial charge >= 0.3 is 6.09 Å². The molecule has 1 saturated carbocycles. The molecule has 0 aromatic carbocycles. The number of rotatable bonds is 3. The zero-order valence-corrected chi connectivity index (χ0v) is 11.3. The van der Waals surface area contributed by atoms with Gasteiger partial charge in [-0.3, -0.25) is 0 Å². The second-order valence-corrected chi connectivity index (χ2v) is 6.18. The zero-order valence-electron chi connectivity index (χ0n) is 11.3. The van der Waals surface area contributed by atoms with Crippen LogP contribution in [0, 0.1) is 17.8 Å². The normalized spacial score (nSPS) is 31.3. The Morgan fingerprint density at radius 3 is 2.41 bits per heavy atom. The molecule has 1 N–H and O–H groups in total. The summed E-state index contributed by atoms with van der Waals surface area (Å²) in [5.41, 5.74) is -0.382. The summed E-state index contributed by atoms with van der Waals surface area (Å²) in [7, 11) is 0. The monoisotopic (exact) mass is 240 g/mol. The van der Waals surface area contributed by atoms with Crippen LogP contribution < -0.4 is 5.32 Å². The lowest BCUT2D eigenvalue weighted by molar-refractivity contribution is 0.0265. The van der Waals surface area contributed by atoms with Crippen LogP contribution in [-0.4, -0.2) is 42.8 Å². The summed E-state index contributed by atoms with van der Waals surface area (Å²) >= 11 is 0. The van der Waals surface area contributed by atoms with Gasteiger partial charge in [0.25, 0.3) is 0 Å². The molecule has 1 aliphatic heterocycles. The minimum atomic E-state index is -0.382. The van der Waals surface area contributed by atoms with Crippen molar-refractivity contribution in [2.24, 2.45) is 17.8 Å². The first-order chi connectivity index (χ1) is 7.92. The fourth-order valence-corrected chi connectivity index (χ4v) is 2.74. The summed E-state index contributed by atoms with van der Waals surface area (Å²) in [4.78, 5) is 13.7. The Kier molecular flexibility index (Phi) is 3.34. The highest BCUT2D eigenvalue weighted by atomic mass is 16.6. The third-order valence-electron chi connectivity index (χ3n) is 3.65. The van der Waals surface area contributed by atoms with Crippen LogP contribution in [0.25, 0.3) is 0 Å². The van der Waals surface area contributed by atoms with Crippen molar-refractivity contribution in [1.82, 2.24) is 10.2 Å². The number of nitrogens with one attached hydrogen (secondary N) is 1. The number of fused-ring (bicyclic) bond motifs is 1. The predicted octanol–water partition coefficient (Wildman–Crippen LogP) is 1.71. The van der Waals surface area contributed by atoms with E-state index in [1.807, 2.05) is 25.7 Å². The fourth-order valence-electron chi connectivity index (χ4n) is 2.74. The van der Waals surface area contributed by atoms with E-state index in [0.29, 0.717) is 11.8 Å². The highest BCUT2D eigenvalue weighted by Gasteiger charge is 2.56. The van der Waals surface area contributed by atoms with Gasteiger partial charge in [-0.05, 0) is 51.6 Å². The first-order valence-electron chi connectivity index (χ1n) is 6.61. The summed E-state index contributed by atoms with van der Waals surface area (Å²) in [6.07, 6.45) is -0.146.